The zero-order valence-electron chi connectivity index (χ0n) is 17.0. The highest BCUT2D eigenvalue weighted by Crippen LogP contribution is 2.27. The Labute approximate surface area is 185 Å². The van der Waals surface area contributed by atoms with E-state index in [1.807, 2.05) is 54.6 Å². The molecule has 1 atom stereocenters. The number of para-hydroxylation sites is 1. The number of hydrogen-bond acceptors (Lipinski definition) is 4. The number of aromatic amines is 1. The number of benzene rings is 3. The second-order valence-electron chi connectivity index (χ2n) is 6.90. The summed E-state index contributed by atoms with van der Waals surface area (Å²) in [5.74, 6) is 1.82. The molecule has 1 amide bonds. The van der Waals surface area contributed by atoms with E-state index in [-0.39, 0.29) is 5.91 Å². The van der Waals surface area contributed by atoms with Gasteiger partial charge in [-0.25, -0.2) is 0 Å². The summed E-state index contributed by atoms with van der Waals surface area (Å²) in [6, 6.07) is 26.4. The first-order valence-electron chi connectivity index (χ1n) is 9.94. The maximum atomic E-state index is 13.2. The normalized spacial score (nSPS) is 11.6. The molecule has 31 heavy (non-hydrogen) atoms. The van der Waals surface area contributed by atoms with Crippen LogP contribution in [0.2, 0.25) is 0 Å². The highest BCUT2D eigenvalue weighted by molar-refractivity contribution is 7.99. The summed E-state index contributed by atoms with van der Waals surface area (Å²) in [6.07, 6.45) is -0.847. The Bertz CT molecular complexity index is 1190. The van der Waals surface area contributed by atoms with Gasteiger partial charge in [-0.3, -0.25) is 4.79 Å². The van der Waals surface area contributed by atoms with Crippen LogP contribution in [0.5, 0.6) is 5.75 Å². The van der Waals surface area contributed by atoms with Crippen LogP contribution in [0.25, 0.3) is 10.9 Å². The monoisotopic (exact) mass is 427 g/mol. The van der Waals surface area contributed by atoms with Gasteiger partial charge in [0.15, 0.2) is 0 Å². The van der Waals surface area contributed by atoms with E-state index in [4.69, 9.17) is 10.00 Å². The van der Waals surface area contributed by atoms with Crippen molar-refractivity contribution in [1.29, 1.82) is 5.26 Å². The van der Waals surface area contributed by atoms with Crippen LogP contribution in [-0.4, -0.2) is 16.6 Å². The number of rotatable bonds is 7. The summed E-state index contributed by atoms with van der Waals surface area (Å²) in [7, 11) is 0. The van der Waals surface area contributed by atoms with Crippen molar-refractivity contribution >= 4 is 34.4 Å². The average Bonchev–Trinajstić information content (AvgIpc) is 3.21. The minimum atomic E-state index is -0.847. The number of carbonyl (C=O) groups excluding carboxylic acids is 1. The third-order valence-corrected chi connectivity index (χ3v) is 5.65. The fourth-order valence-electron chi connectivity index (χ4n) is 3.26. The molecule has 0 bridgehead atoms. The first-order chi connectivity index (χ1) is 15.2. The molecule has 3 aromatic carbocycles. The average molecular weight is 428 g/mol. The first-order valence-corrected chi connectivity index (χ1v) is 10.9. The van der Waals surface area contributed by atoms with Gasteiger partial charge in [-0.05, 0) is 54.3 Å². The molecule has 0 fully saturated rings. The summed E-state index contributed by atoms with van der Waals surface area (Å²) in [4.78, 5) is 17.6. The summed E-state index contributed by atoms with van der Waals surface area (Å²) in [5, 5.41) is 13.0. The number of fused-ring (bicyclic) bond motifs is 1. The molecular formula is C25H21N3O2S. The van der Waals surface area contributed by atoms with E-state index in [2.05, 4.69) is 23.3 Å². The molecule has 2 N–H and O–H groups in total. The molecule has 1 unspecified atom stereocenters. The smallest absolute Gasteiger partial charge is 0.271 e. The van der Waals surface area contributed by atoms with Crippen LogP contribution in [-0.2, 0) is 4.79 Å². The topological polar surface area (TPSA) is 77.9 Å². The maximum Gasteiger partial charge on any atom is 0.271 e. The summed E-state index contributed by atoms with van der Waals surface area (Å²) < 4.78 is 6.07. The van der Waals surface area contributed by atoms with Crippen molar-refractivity contribution < 1.29 is 9.53 Å². The van der Waals surface area contributed by atoms with Crippen LogP contribution in [0.4, 0.5) is 5.82 Å². The van der Waals surface area contributed by atoms with Gasteiger partial charge in [0.05, 0.1) is 11.6 Å². The number of nitrogens with one attached hydrogen (secondary N) is 2. The van der Waals surface area contributed by atoms with Crippen LogP contribution in [0, 0.1) is 11.3 Å². The molecule has 6 heteroatoms. The Kier molecular flexibility index (Phi) is 6.25. The molecule has 0 aliphatic heterocycles. The second-order valence-corrected chi connectivity index (χ2v) is 8.23. The van der Waals surface area contributed by atoms with E-state index < -0.39 is 6.10 Å². The predicted octanol–water partition coefficient (Wildman–Crippen LogP) is 5.91. The molecule has 0 aliphatic carbocycles. The van der Waals surface area contributed by atoms with Crippen LogP contribution in [0.3, 0.4) is 0 Å². The number of anilines is 1. The number of ether oxygens (including phenoxy) is 1. The van der Waals surface area contributed by atoms with Crippen molar-refractivity contribution in [1.82, 2.24) is 4.98 Å². The SMILES string of the molecule is CCSc1ccc(C(Oc2ccc(C#N)cc2)C(=O)Nc2cc3ccccc3[nH]2)cc1. The molecule has 0 saturated carbocycles. The molecule has 1 heterocycles. The Hall–Kier alpha value is -3.69. The third kappa shape index (κ3) is 4.90. The molecule has 0 spiro atoms. The summed E-state index contributed by atoms with van der Waals surface area (Å²) >= 11 is 1.74. The lowest BCUT2D eigenvalue weighted by atomic mass is 10.1. The van der Waals surface area contributed by atoms with Crippen molar-refractivity contribution in [3.05, 3.63) is 90.0 Å². The number of hydrogen-bond donors (Lipinski definition) is 2. The Morgan fingerprint density at radius 1 is 1.10 bits per heavy atom. The Balaban J connectivity index is 1.61. The van der Waals surface area contributed by atoms with Gasteiger partial charge in [-0.2, -0.15) is 5.26 Å². The first kappa shape index (κ1) is 20.6. The van der Waals surface area contributed by atoms with Crippen LogP contribution in [0.1, 0.15) is 24.2 Å². The minimum Gasteiger partial charge on any atom is -0.476 e. The lowest BCUT2D eigenvalue weighted by Gasteiger charge is -2.19. The largest absolute Gasteiger partial charge is 0.476 e. The van der Waals surface area contributed by atoms with Gasteiger partial charge in [0, 0.05) is 21.4 Å². The zero-order valence-corrected chi connectivity index (χ0v) is 17.8. The van der Waals surface area contributed by atoms with Crippen LogP contribution in [0.15, 0.2) is 83.8 Å². The summed E-state index contributed by atoms with van der Waals surface area (Å²) in [6.45, 7) is 2.10. The molecule has 154 valence electrons. The van der Waals surface area contributed by atoms with Crippen molar-refractivity contribution in [2.75, 3.05) is 11.1 Å². The van der Waals surface area contributed by atoms with Gasteiger partial charge in [-0.1, -0.05) is 37.3 Å². The molecule has 5 nitrogen and oxygen atoms in total. The molecule has 1 aromatic heterocycles. The van der Waals surface area contributed by atoms with Crippen molar-refractivity contribution in [3.63, 3.8) is 0 Å². The van der Waals surface area contributed by atoms with E-state index in [1.165, 1.54) is 0 Å². The van der Waals surface area contributed by atoms with E-state index in [0.717, 1.165) is 27.1 Å². The highest BCUT2D eigenvalue weighted by Gasteiger charge is 2.24. The standard InChI is InChI=1S/C25H21N3O2S/c1-2-31-21-13-9-18(10-14-21)24(30-20-11-7-17(16-26)8-12-20)25(29)28-23-15-19-5-3-4-6-22(19)27-23/h3-15,24,27H,2H2,1H3,(H,28,29). The maximum absolute atomic E-state index is 13.2. The van der Waals surface area contributed by atoms with Gasteiger partial charge in [-0.15, -0.1) is 11.8 Å². The molecular weight excluding hydrogens is 406 g/mol. The van der Waals surface area contributed by atoms with Gasteiger partial charge >= 0.3 is 0 Å². The van der Waals surface area contributed by atoms with Gasteiger partial charge in [0.1, 0.15) is 11.6 Å². The fourth-order valence-corrected chi connectivity index (χ4v) is 3.92. The fraction of sp³-hybridized carbons (Fsp3) is 0.120. The quantitative estimate of drug-likeness (QED) is 0.359. The summed E-state index contributed by atoms with van der Waals surface area (Å²) in [5.41, 5.74) is 2.23. The van der Waals surface area contributed by atoms with E-state index >= 15 is 0 Å². The molecule has 0 saturated heterocycles. The number of aromatic nitrogens is 1. The van der Waals surface area contributed by atoms with Crippen LogP contribution >= 0.6 is 11.8 Å². The zero-order chi connectivity index (χ0) is 21.6. The minimum absolute atomic E-state index is 0.285. The molecule has 0 aliphatic rings. The van der Waals surface area contributed by atoms with Crippen molar-refractivity contribution in [3.8, 4) is 11.8 Å². The number of nitrogens with zero attached hydrogens (tertiary/aromatic N) is 1. The molecule has 0 radical (unpaired) electrons. The van der Waals surface area contributed by atoms with Crippen molar-refractivity contribution in [2.24, 2.45) is 0 Å². The number of amides is 1. The highest BCUT2D eigenvalue weighted by atomic mass is 32.2. The number of nitriles is 1. The number of carbonyl (C=O) groups is 1. The van der Waals surface area contributed by atoms with Crippen molar-refractivity contribution in [2.45, 2.75) is 17.9 Å². The van der Waals surface area contributed by atoms with E-state index in [0.29, 0.717) is 17.1 Å². The molecule has 4 rings (SSSR count). The lowest BCUT2D eigenvalue weighted by molar-refractivity contribution is -0.123. The molecule has 4 aromatic rings. The number of thioether (sulfide) groups is 1. The number of H-pyrrole nitrogens is 1. The van der Waals surface area contributed by atoms with Gasteiger partial charge in [0.25, 0.3) is 5.91 Å². The van der Waals surface area contributed by atoms with Gasteiger partial charge in [0.2, 0.25) is 6.10 Å². The van der Waals surface area contributed by atoms with E-state index in [9.17, 15) is 4.79 Å². The lowest BCUT2D eigenvalue weighted by Crippen LogP contribution is -2.25. The van der Waals surface area contributed by atoms with E-state index in [1.54, 1.807) is 36.0 Å². The van der Waals surface area contributed by atoms with Crippen LogP contribution < -0.4 is 10.1 Å². The van der Waals surface area contributed by atoms with Gasteiger partial charge < -0.3 is 15.0 Å². The Morgan fingerprint density at radius 2 is 1.84 bits per heavy atom. The third-order valence-electron chi connectivity index (χ3n) is 4.76. The Morgan fingerprint density at radius 3 is 2.52 bits per heavy atom. The second kappa shape index (κ2) is 9.41. The predicted molar refractivity (Wildman–Crippen MR) is 124 cm³/mol.